The number of amides is 1. The first-order valence-corrected chi connectivity index (χ1v) is 4.99. The summed E-state index contributed by atoms with van der Waals surface area (Å²) in [5, 5.41) is 20.2. The summed E-state index contributed by atoms with van der Waals surface area (Å²) >= 11 is 0. The Balaban J connectivity index is 2.63. The summed E-state index contributed by atoms with van der Waals surface area (Å²) in [6.45, 7) is 1.74. The Kier molecular flexibility index (Phi) is 4.28. The number of hydrogen-bond donors (Lipinski definition) is 3. The zero-order valence-corrected chi connectivity index (χ0v) is 9.25. The quantitative estimate of drug-likeness (QED) is 0.684. The van der Waals surface area contributed by atoms with Crippen LogP contribution in [0.5, 0.6) is 5.75 Å². The monoisotopic (exact) mass is 235 g/mol. The third kappa shape index (κ3) is 4.38. The lowest BCUT2D eigenvalue weighted by atomic mass is 10.1. The number of carbonyl (C=O) groups excluding carboxylic acids is 1. The molecule has 90 valence electrons. The number of rotatable bonds is 4. The number of phenolic OH excluding ortho intramolecular Hbond substituents is 1. The molecule has 5 nitrogen and oxygen atoms in total. The Labute approximate surface area is 98.4 Å². The Hall–Kier alpha value is -2.30. The van der Waals surface area contributed by atoms with E-state index in [2.05, 4.69) is 5.32 Å². The van der Waals surface area contributed by atoms with Crippen LogP contribution < -0.4 is 5.32 Å². The zero-order valence-electron chi connectivity index (χ0n) is 9.25. The minimum absolute atomic E-state index is 0.115. The van der Waals surface area contributed by atoms with Gasteiger partial charge in [0.05, 0.1) is 6.04 Å². The summed E-state index contributed by atoms with van der Waals surface area (Å²) in [5.74, 6) is -1.56. The van der Waals surface area contributed by atoms with Crippen molar-refractivity contribution >= 4 is 11.9 Å². The number of benzene rings is 1. The standard InChI is InChI=1S/C12H13NO4/c1-8(9-3-2-4-10(14)7-9)13-11(15)5-6-12(16)17/h2-8,14H,1H3,(H,13,15)(H,16,17)/b6-5+. The molecule has 0 saturated carbocycles. The van der Waals surface area contributed by atoms with Gasteiger partial charge in [-0.05, 0) is 24.6 Å². The molecule has 1 aromatic rings. The smallest absolute Gasteiger partial charge is 0.328 e. The van der Waals surface area contributed by atoms with Gasteiger partial charge in [0, 0.05) is 12.2 Å². The van der Waals surface area contributed by atoms with Crippen molar-refractivity contribution in [2.24, 2.45) is 0 Å². The van der Waals surface area contributed by atoms with Crippen LogP contribution >= 0.6 is 0 Å². The summed E-state index contributed by atoms with van der Waals surface area (Å²) in [7, 11) is 0. The molecule has 0 heterocycles. The third-order valence-electron chi connectivity index (χ3n) is 2.11. The summed E-state index contributed by atoms with van der Waals surface area (Å²) in [6.07, 6.45) is 1.71. The van der Waals surface area contributed by atoms with Gasteiger partial charge in [-0.1, -0.05) is 12.1 Å². The molecule has 17 heavy (non-hydrogen) atoms. The maximum atomic E-state index is 11.3. The molecule has 0 aromatic heterocycles. The van der Waals surface area contributed by atoms with Gasteiger partial charge in [0.2, 0.25) is 5.91 Å². The number of hydrogen-bond acceptors (Lipinski definition) is 3. The molecule has 0 aliphatic carbocycles. The fraction of sp³-hybridized carbons (Fsp3) is 0.167. The van der Waals surface area contributed by atoms with Gasteiger partial charge in [0.25, 0.3) is 0 Å². The van der Waals surface area contributed by atoms with Crippen LogP contribution in [0, 0.1) is 0 Å². The average Bonchev–Trinajstić information content (AvgIpc) is 2.26. The highest BCUT2D eigenvalue weighted by Gasteiger charge is 2.07. The van der Waals surface area contributed by atoms with E-state index in [0.29, 0.717) is 0 Å². The number of carboxylic acids is 1. The number of aromatic hydroxyl groups is 1. The molecule has 1 amide bonds. The van der Waals surface area contributed by atoms with Crippen molar-refractivity contribution in [2.75, 3.05) is 0 Å². The molecule has 0 spiro atoms. The number of phenols is 1. The topological polar surface area (TPSA) is 86.6 Å². The van der Waals surface area contributed by atoms with Crippen LogP contribution in [-0.4, -0.2) is 22.1 Å². The molecule has 0 fully saturated rings. The Morgan fingerprint density at radius 1 is 1.35 bits per heavy atom. The summed E-state index contributed by atoms with van der Waals surface area (Å²) in [4.78, 5) is 21.5. The van der Waals surface area contributed by atoms with Crippen molar-refractivity contribution in [1.82, 2.24) is 5.32 Å². The lowest BCUT2D eigenvalue weighted by Crippen LogP contribution is -2.24. The third-order valence-corrected chi connectivity index (χ3v) is 2.11. The maximum absolute atomic E-state index is 11.3. The summed E-state index contributed by atoms with van der Waals surface area (Å²) in [5.41, 5.74) is 0.738. The predicted octanol–water partition coefficient (Wildman–Crippen LogP) is 1.21. The van der Waals surface area contributed by atoms with Crippen molar-refractivity contribution in [3.8, 4) is 5.75 Å². The maximum Gasteiger partial charge on any atom is 0.328 e. The number of carbonyl (C=O) groups is 2. The molecule has 0 bridgehead atoms. The second kappa shape index (κ2) is 5.69. The van der Waals surface area contributed by atoms with Crippen LogP contribution in [0.2, 0.25) is 0 Å². The van der Waals surface area contributed by atoms with Crippen LogP contribution in [-0.2, 0) is 9.59 Å². The summed E-state index contributed by atoms with van der Waals surface area (Å²) < 4.78 is 0. The van der Waals surface area contributed by atoms with Crippen LogP contribution in [0.1, 0.15) is 18.5 Å². The van der Waals surface area contributed by atoms with Gasteiger partial charge in [-0.3, -0.25) is 4.79 Å². The van der Waals surface area contributed by atoms with Crippen molar-refractivity contribution in [3.05, 3.63) is 42.0 Å². The molecule has 0 radical (unpaired) electrons. The Morgan fingerprint density at radius 3 is 2.65 bits per heavy atom. The Bertz CT molecular complexity index is 454. The lowest BCUT2D eigenvalue weighted by Gasteiger charge is -2.12. The van der Waals surface area contributed by atoms with E-state index < -0.39 is 11.9 Å². The van der Waals surface area contributed by atoms with Gasteiger partial charge in [-0.2, -0.15) is 0 Å². The highest BCUT2D eigenvalue weighted by atomic mass is 16.4. The largest absolute Gasteiger partial charge is 0.508 e. The first-order chi connectivity index (χ1) is 7.99. The van der Waals surface area contributed by atoms with Crippen LogP contribution in [0.25, 0.3) is 0 Å². The van der Waals surface area contributed by atoms with Gasteiger partial charge in [-0.25, -0.2) is 4.79 Å². The summed E-state index contributed by atoms with van der Waals surface area (Å²) in [6, 6.07) is 6.17. The van der Waals surface area contributed by atoms with E-state index in [1.54, 1.807) is 19.1 Å². The van der Waals surface area contributed by atoms with Gasteiger partial charge < -0.3 is 15.5 Å². The normalized spacial score (nSPS) is 12.3. The molecule has 1 rings (SSSR count). The molecule has 1 unspecified atom stereocenters. The molecular formula is C12H13NO4. The lowest BCUT2D eigenvalue weighted by molar-refractivity contribution is -0.131. The van der Waals surface area contributed by atoms with Crippen LogP contribution in [0.4, 0.5) is 0 Å². The fourth-order valence-corrected chi connectivity index (χ4v) is 1.29. The van der Waals surface area contributed by atoms with E-state index in [-0.39, 0.29) is 11.8 Å². The Morgan fingerprint density at radius 2 is 2.06 bits per heavy atom. The van der Waals surface area contributed by atoms with Crippen molar-refractivity contribution in [3.63, 3.8) is 0 Å². The second-order valence-corrected chi connectivity index (χ2v) is 3.50. The first kappa shape index (κ1) is 12.8. The van der Waals surface area contributed by atoms with Gasteiger partial charge in [0.1, 0.15) is 5.75 Å². The fourth-order valence-electron chi connectivity index (χ4n) is 1.29. The van der Waals surface area contributed by atoms with E-state index >= 15 is 0 Å². The van der Waals surface area contributed by atoms with E-state index in [1.807, 2.05) is 0 Å². The van der Waals surface area contributed by atoms with E-state index in [4.69, 9.17) is 5.11 Å². The van der Waals surface area contributed by atoms with Gasteiger partial charge in [-0.15, -0.1) is 0 Å². The zero-order chi connectivity index (χ0) is 12.8. The molecule has 0 saturated heterocycles. The molecule has 3 N–H and O–H groups in total. The minimum Gasteiger partial charge on any atom is -0.508 e. The highest BCUT2D eigenvalue weighted by molar-refractivity contribution is 5.94. The molecule has 5 heteroatoms. The van der Waals surface area contributed by atoms with Crippen molar-refractivity contribution in [1.29, 1.82) is 0 Å². The van der Waals surface area contributed by atoms with E-state index in [1.165, 1.54) is 12.1 Å². The van der Waals surface area contributed by atoms with Crippen LogP contribution in [0.3, 0.4) is 0 Å². The average molecular weight is 235 g/mol. The number of nitrogens with one attached hydrogen (secondary N) is 1. The van der Waals surface area contributed by atoms with E-state index in [9.17, 15) is 14.7 Å². The SMILES string of the molecule is CC(NC(=O)/C=C/C(=O)O)c1cccc(O)c1. The first-order valence-electron chi connectivity index (χ1n) is 4.99. The second-order valence-electron chi connectivity index (χ2n) is 3.50. The van der Waals surface area contributed by atoms with E-state index in [0.717, 1.165) is 17.7 Å². The number of carboxylic acid groups (broad SMARTS) is 1. The molecule has 1 aromatic carbocycles. The molecular weight excluding hydrogens is 222 g/mol. The van der Waals surface area contributed by atoms with Gasteiger partial charge >= 0.3 is 5.97 Å². The minimum atomic E-state index is -1.18. The molecule has 0 aliphatic rings. The van der Waals surface area contributed by atoms with Crippen LogP contribution in [0.15, 0.2) is 36.4 Å². The highest BCUT2D eigenvalue weighted by Crippen LogP contribution is 2.17. The molecule has 1 atom stereocenters. The molecule has 0 aliphatic heterocycles. The van der Waals surface area contributed by atoms with Gasteiger partial charge in [0.15, 0.2) is 0 Å². The van der Waals surface area contributed by atoms with Crippen molar-refractivity contribution in [2.45, 2.75) is 13.0 Å². The predicted molar refractivity (Wildman–Crippen MR) is 61.4 cm³/mol. The number of aliphatic carboxylic acids is 1. The van der Waals surface area contributed by atoms with Crippen molar-refractivity contribution < 1.29 is 19.8 Å².